The van der Waals surface area contributed by atoms with Crippen LogP contribution in [0.3, 0.4) is 0 Å². The van der Waals surface area contributed by atoms with Gasteiger partial charge in [-0.25, -0.2) is 4.39 Å². The molecule has 0 atom stereocenters. The molecule has 126 valence electrons. The molecule has 0 saturated carbocycles. The molecule has 0 radical (unpaired) electrons. The first-order valence-electron chi connectivity index (χ1n) is 7.50. The Morgan fingerprint density at radius 1 is 1.17 bits per heavy atom. The number of carbonyl (C=O) groups is 2. The average molecular weight is 349 g/mol. The number of hydrogen-bond acceptors (Lipinski definition) is 2. The summed E-state index contributed by atoms with van der Waals surface area (Å²) >= 11 is 5.91. The number of anilines is 1. The van der Waals surface area contributed by atoms with Gasteiger partial charge >= 0.3 is 0 Å². The van der Waals surface area contributed by atoms with Crippen molar-refractivity contribution < 1.29 is 14.0 Å². The molecule has 4 nitrogen and oxygen atoms in total. The van der Waals surface area contributed by atoms with E-state index in [9.17, 15) is 14.0 Å². The molecule has 0 saturated heterocycles. The van der Waals surface area contributed by atoms with Crippen LogP contribution < -0.4 is 10.2 Å². The maximum Gasteiger partial charge on any atom is 0.240 e. The van der Waals surface area contributed by atoms with E-state index in [1.165, 1.54) is 30.0 Å². The van der Waals surface area contributed by atoms with Crippen molar-refractivity contribution in [2.75, 3.05) is 18.0 Å². The summed E-state index contributed by atoms with van der Waals surface area (Å²) in [6, 6.07) is 13.0. The van der Waals surface area contributed by atoms with Crippen LogP contribution in [0, 0.1) is 5.82 Å². The van der Waals surface area contributed by atoms with Gasteiger partial charge in [0, 0.05) is 24.2 Å². The third-order valence-electron chi connectivity index (χ3n) is 3.43. The summed E-state index contributed by atoms with van der Waals surface area (Å²) in [7, 11) is 0. The van der Waals surface area contributed by atoms with Gasteiger partial charge in [-0.15, -0.1) is 0 Å². The van der Waals surface area contributed by atoms with E-state index in [2.05, 4.69) is 5.32 Å². The van der Waals surface area contributed by atoms with Gasteiger partial charge in [-0.2, -0.15) is 0 Å². The summed E-state index contributed by atoms with van der Waals surface area (Å²) in [5.41, 5.74) is 1.36. The predicted octanol–water partition coefficient (Wildman–Crippen LogP) is 3.19. The Morgan fingerprint density at radius 3 is 2.58 bits per heavy atom. The Hall–Kier alpha value is -2.40. The van der Waals surface area contributed by atoms with E-state index in [0.29, 0.717) is 23.7 Å². The fourth-order valence-electron chi connectivity index (χ4n) is 2.27. The van der Waals surface area contributed by atoms with Gasteiger partial charge in [0.25, 0.3) is 0 Å². The van der Waals surface area contributed by atoms with Crippen LogP contribution >= 0.6 is 11.6 Å². The van der Waals surface area contributed by atoms with Crippen LogP contribution in [0.25, 0.3) is 0 Å². The molecule has 0 aliphatic carbocycles. The fourth-order valence-corrected chi connectivity index (χ4v) is 2.48. The molecule has 0 aliphatic heterocycles. The van der Waals surface area contributed by atoms with Crippen LogP contribution in [-0.2, 0) is 16.0 Å². The average Bonchev–Trinajstić information content (AvgIpc) is 2.52. The van der Waals surface area contributed by atoms with E-state index in [-0.39, 0.29) is 18.4 Å². The maximum absolute atomic E-state index is 13.3. The number of benzene rings is 2. The molecule has 0 aliphatic rings. The number of nitrogens with zero attached hydrogens (tertiary/aromatic N) is 1. The maximum atomic E-state index is 13.3. The number of carbonyl (C=O) groups excluding carboxylic acids is 2. The Labute approximate surface area is 145 Å². The van der Waals surface area contributed by atoms with Crippen molar-refractivity contribution in [3.63, 3.8) is 0 Å². The minimum atomic E-state index is -0.458. The summed E-state index contributed by atoms with van der Waals surface area (Å²) in [6.45, 7) is 1.60. The Balaban J connectivity index is 1.90. The van der Waals surface area contributed by atoms with Gasteiger partial charge in [0.2, 0.25) is 11.8 Å². The zero-order valence-electron chi connectivity index (χ0n) is 13.3. The highest BCUT2D eigenvalue weighted by Crippen LogP contribution is 2.15. The minimum absolute atomic E-state index is 0.158. The molecular formula is C18H18ClFN2O2. The Kier molecular flexibility index (Phi) is 6.32. The van der Waals surface area contributed by atoms with Crippen molar-refractivity contribution >= 4 is 29.1 Å². The summed E-state index contributed by atoms with van der Waals surface area (Å²) in [4.78, 5) is 25.0. The second-order valence-electron chi connectivity index (χ2n) is 5.31. The van der Waals surface area contributed by atoms with E-state index < -0.39 is 5.82 Å². The minimum Gasteiger partial charge on any atom is -0.354 e. The summed E-state index contributed by atoms with van der Waals surface area (Å²) < 4.78 is 13.3. The lowest BCUT2D eigenvalue weighted by molar-refractivity contribution is -0.123. The lowest BCUT2D eigenvalue weighted by Gasteiger charge is -2.20. The number of nitrogens with one attached hydrogen (secondary N) is 1. The highest BCUT2D eigenvalue weighted by atomic mass is 35.5. The largest absolute Gasteiger partial charge is 0.354 e. The van der Waals surface area contributed by atoms with E-state index in [1.54, 1.807) is 12.1 Å². The van der Waals surface area contributed by atoms with Crippen molar-refractivity contribution in [1.82, 2.24) is 5.32 Å². The highest BCUT2D eigenvalue weighted by molar-refractivity contribution is 6.30. The Bertz CT molecular complexity index is 736. The summed E-state index contributed by atoms with van der Waals surface area (Å²) in [6.07, 6.45) is 0.631. The van der Waals surface area contributed by atoms with Gasteiger partial charge in [0.15, 0.2) is 0 Å². The van der Waals surface area contributed by atoms with Crippen LogP contribution in [0.2, 0.25) is 5.02 Å². The van der Waals surface area contributed by atoms with Crippen LogP contribution in [0.5, 0.6) is 0 Å². The molecule has 2 amide bonds. The lowest BCUT2D eigenvalue weighted by atomic mass is 10.1. The smallest absolute Gasteiger partial charge is 0.240 e. The number of rotatable bonds is 6. The predicted molar refractivity (Wildman–Crippen MR) is 92.6 cm³/mol. The molecule has 1 N–H and O–H groups in total. The normalized spacial score (nSPS) is 10.3. The molecule has 0 unspecified atom stereocenters. The number of amides is 2. The van der Waals surface area contributed by atoms with Crippen LogP contribution in [0.15, 0.2) is 48.5 Å². The molecule has 2 rings (SSSR count). The van der Waals surface area contributed by atoms with E-state index >= 15 is 0 Å². The molecule has 0 bridgehead atoms. The van der Waals surface area contributed by atoms with Crippen molar-refractivity contribution in [1.29, 1.82) is 0 Å². The van der Waals surface area contributed by atoms with E-state index in [0.717, 1.165) is 5.56 Å². The molecule has 6 heteroatoms. The van der Waals surface area contributed by atoms with Gasteiger partial charge in [0.05, 0.1) is 0 Å². The molecular weight excluding hydrogens is 331 g/mol. The van der Waals surface area contributed by atoms with Gasteiger partial charge in [-0.3, -0.25) is 9.59 Å². The van der Waals surface area contributed by atoms with Gasteiger partial charge in [-0.1, -0.05) is 29.8 Å². The SMILES string of the molecule is CC(=O)N(CC(=O)NCCc1cccc(Cl)c1)c1cccc(F)c1. The van der Waals surface area contributed by atoms with Gasteiger partial charge < -0.3 is 10.2 Å². The van der Waals surface area contributed by atoms with Crippen molar-refractivity contribution in [2.24, 2.45) is 0 Å². The molecule has 2 aromatic carbocycles. The van der Waals surface area contributed by atoms with Crippen LogP contribution in [-0.4, -0.2) is 24.9 Å². The van der Waals surface area contributed by atoms with E-state index in [1.807, 2.05) is 18.2 Å². The molecule has 0 heterocycles. The first-order valence-corrected chi connectivity index (χ1v) is 7.88. The fraction of sp³-hybridized carbons (Fsp3) is 0.222. The molecule has 0 aromatic heterocycles. The number of hydrogen-bond donors (Lipinski definition) is 1. The van der Waals surface area contributed by atoms with Crippen LogP contribution in [0.1, 0.15) is 12.5 Å². The third kappa shape index (κ3) is 5.35. The summed E-state index contributed by atoms with van der Waals surface area (Å²) in [5.74, 6) is -1.10. The summed E-state index contributed by atoms with van der Waals surface area (Å²) in [5, 5.41) is 3.40. The third-order valence-corrected chi connectivity index (χ3v) is 3.66. The van der Waals surface area contributed by atoms with Crippen molar-refractivity contribution in [3.8, 4) is 0 Å². The monoisotopic (exact) mass is 348 g/mol. The molecule has 0 fully saturated rings. The van der Waals surface area contributed by atoms with Crippen molar-refractivity contribution in [2.45, 2.75) is 13.3 Å². The second-order valence-corrected chi connectivity index (χ2v) is 5.75. The van der Waals surface area contributed by atoms with Gasteiger partial charge in [0.1, 0.15) is 12.4 Å². The standard InChI is InChI=1S/C18H18ClFN2O2/c1-13(23)22(17-7-3-6-16(20)11-17)12-18(24)21-9-8-14-4-2-5-15(19)10-14/h2-7,10-11H,8-9,12H2,1H3,(H,21,24). The quantitative estimate of drug-likeness (QED) is 0.871. The van der Waals surface area contributed by atoms with Crippen molar-refractivity contribution in [3.05, 3.63) is 64.9 Å². The lowest BCUT2D eigenvalue weighted by Crippen LogP contribution is -2.40. The number of halogens is 2. The highest BCUT2D eigenvalue weighted by Gasteiger charge is 2.16. The van der Waals surface area contributed by atoms with Crippen LogP contribution in [0.4, 0.5) is 10.1 Å². The molecule has 2 aromatic rings. The first-order chi connectivity index (χ1) is 11.5. The second kappa shape index (κ2) is 8.45. The zero-order chi connectivity index (χ0) is 17.5. The van der Waals surface area contributed by atoms with E-state index in [4.69, 9.17) is 11.6 Å². The first kappa shape index (κ1) is 17.9. The molecule has 0 spiro atoms. The zero-order valence-corrected chi connectivity index (χ0v) is 14.0. The van der Waals surface area contributed by atoms with Gasteiger partial charge in [-0.05, 0) is 42.3 Å². The topological polar surface area (TPSA) is 49.4 Å². The molecule has 24 heavy (non-hydrogen) atoms. The Morgan fingerprint density at radius 2 is 1.92 bits per heavy atom.